The Balaban J connectivity index is 1.41. The van der Waals surface area contributed by atoms with Crippen molar-refractivity contribution in [2.24, 2.45) is 0 Å². The lowest BCUT2D eigenvalue weighted by Crippen LogP contribution is -2.36. The van der Waals surface area contributed by atoms with Crippen LogP contribution in [-0.2, 0) is 9.59 Å². The molecule has 1 heterocycles. The molecule has 0 bridgehead atoms. The third-order valence-electron chi connectivity index (χ3n) is 5.25. The molecule has 13 nitrogen and oxygen atoms in total. The molecule has 0 atom stereocenters. The molecular weight excluding hydrogens is 659 g/mol. The normalized spacial score (nSPS) is 13.8. The summed E-state index contributed by atoms with van der Waals surface area (Å²) < 4.78 is 6.14. The van der Waals surface area contributed by atoms with Gasteiger partial charge in [0, 0.05) is 21.4 Å². The molecule has 4 rings (SSSR count). The number of halogens is 1. The Morgan fingerprint density at radius 3 is 2.12 bits per heavy atom. The first-order chi connectivity index (χ1) is 19.0. The molecule has 1 N–H and O–H groups in total. The molecule has 3 amide bonds. The zero-order chi connectivity index (χ0) is 29.0. The van der Waals surface area contributed by atoms with E-state index in [1.807, 2.05) is 0 Å². The van der Waals surface area contributed by atoms with Crippen molar-refractivity contribution in [1.82, 2.24) is 4.90 Å². The van der Waals surface area contributed by atoms with E-state index in [4.69, 9.17) is 4.74 Å². The lowest BCUT2D eigenvalue weighted by atomic mass is 10.1. The van der Waals surface area contributed by atoms with Gasteiger partial charge in [0.25, 0.3) is 22.5 Å². The number of nitro benzene ring substituents is 2. The summed E-state index contributed by atoms with van der Waals surface area (Å²) >= 11 is 2.79. The molecule has 3 aromatic rings. The molecule has 0 spiro atoms. The molecule has 1 aliphatic rings. The van der Waals surface area contributed by atoms with E-state index in [9.17, 15) is 39.4 Å². The fourth-order valence-electron chi connectivity index (χ4n) is 3.39. The van der Waals surface area contributed by atoms with Crippen LogP contribution in [0, 0.1) is 23.8 Å². The van der Waals surface area contributed by atoms with Crippen molar-refractivity contribution >= 4 is 80.5 Å². The van der Waals surface area contributed by atoms with E-state index in [1.165, 1.54) is 30.3 Å². The Bertz CT molecular complexity index is 1560. The summed E-state index contributed by atoms with van der Waals surface area (Å²) in [6, 6.07) is 15.1. The fraction of sp³-hybridized carbons (Fsp3) is 0.0400. The van der Waals surface area contributed by atoms with Crippen LogP contribution in [0.3, 0.4) is 0 Å². The molecule has 3 aromatic carbocycles. The maximum atomic E-state index is 12.7. The summed E-state index contributed by atoms with van der Waals surface area (Å²) in [5, 5.41) is 24.1. The van der Waals surface area contributed by atoms with Crippen molar-refractivity contribution in [2.75, 3.05) is 11.9 Å². The molecule has 0 unspecified atom stereocenters. The standard InChI is InChI=1S/C25H15IN4O9S/c26-16-3-5-17(6-4-16)27-22(31)13-28-23(32)21(40-25(28)34)9-14-1-7-20(8-2-14)39-24(33)15-10-18(29(35)36)12-19(11-15)30(37)38/h1-12H,13H2,(H,27,31)/b21-9-. The van der Waals surface area contributed by atoms with Gasteiger partial charge in [-0.2, -0.15) is 0 Å². The van der Waals surface area contributed by atoms with Crippen LogP contribution in [0.25, 0.3) is 6.08 Å². The van der Waals surface area contributed by atoms with Gasteiger partial charge in [0.05, 0.1) is 26.4 Å². The number of hydrogen-bond donors (Lipinski definition) is 1. The van der Waals surface area contributed by atoms with Gasteiger partial charge in [0.15, 0.2) is 0 Å². The van der Waals surface area contributed by atoms with Crippen LogP contribution in [0.15, 0.2) is 71.6 Å². The minimum absolute atomic E-state index is 0.0247. The molecule has 0 saturated carbocycles. The van der Waals surface area contributed by atoms with Crippen LogP contribution in [-0.4, -0.2) is 44.3 Å². The van der Waals surface area contributed by atoms with Crippen LogP contribution in [0.4, 0.5) is 21.9 Å². The number of rotatable bonds is 8. The average Bonchev–Trinajstić information content (AvgIpc) is 3.17. The van der Waals surface area contributed by atoms with Gasteiger partial charge < -0.3 is 10.1 Å². The van der Waals surface area contributed by atoms with E-state index in [0.717, 1.165) is 26.7 Å². The summed E-state index contributed by atoms with van der Waals surface area (Å²) in [5.74, 6) is -2.21. The zero-order valence-electron chi connectivity index (χ0n) is 19.9. The number of hydrogen-bond acceptors (Lipinski definition) is 10. The highest BCUT2D eigenvalue weighted by Crippen LogP contribution is 2.32. The monoisotopic (exact) mass is 674 g/mol. The Morgan fingerprint density at radius 2 is 1.55 bits per heavy atom. The van der Waals surface area contributed by atoms with E-state index in [0.29, 0.717) is 23.0 Å². The first kappa shape index (κ1) is 28.4. The quantitative estimate of drug-likeness (QED) is 0.0854. The summed E-state index contributed by atoms with van der Waals surface area (Å²) in [7, 11) is 0. The predicted molar refractivity (Wildman–Crippen MR) is 152 cm³/mol. The smallest absolute Gasteiger partial charge is 0.344 e. The van der Waals surface area contributed by atoms with E-state index in [2.05, 4.69) is 27.9 Å². The van der Waals surface area contributed by atoms with Crippen LogP contribution in [0.2, 0.25) is 0 Å². The topological polar surface area (TPSA) is 179 Å². The highest BCUT2D eigenvalue weighted by molar-refractivity contribution is 14.1. The molecule has 0 aromatic heterocycles. The summed E-state index contributed by atoms with van der Waals surface area (Å²) in [6.07, 6.45) is 1.43. The van der Waals surface area contributed by atoms with Gasteiger partial charge in [-0.05, 0) is 82.4 Å². The van der Waals surface area contributed by atoms with Gasteiger partial charge in [0.1, 0.15) is 12.3 Å². The molecule has 40 heavy (non-hydrogen) atoms. The maximum absolute atomic E-state index is 12.7. The number of benzene rings is 3. The molecule has 1 aliphatic heterocycles. The average molecular weight is 674 g/mol. The number of thioether (sulfide) groups is 1. The maximum Gasteiger partial charge on any atom is 0.344 e. The number of anilines is 1. The van der Waals surface area contributed by atoms with E-state index in [1.54, 1.807) is 24.3 Å². The van der Waals surface area contributed by atoms with Crippen LogP contribution in [0.5, 0.6) is 5.75 Å². The number of carbonyl (C=O) groups is 4. The molecule has 202 valence electrons. The molecule has 0 radical (unpaired) electrons. The van der Waals surface area contributed by atoms with E-state index in [-0.39, 0.29) is 16.2 Å². The van der Waals surface area contributed by atoms with Crippen molar-refractivity contribution in [2.45, 2.75) is 0 Å². The number of esters is 1. The molecule has 15 heteroatoms. The Hall–Kier alpha value is -4.64. The second-order valence-electron chi connectivity index (χ2n) is 8.03. The molecule has 1 fully saturated rings. The van der Waals surface area contributed by atoms with Crippen LogP contribution in [0.1, 0.15) is 15.9 Å². The largest absolute Gasteiger partial charge is 0.423 e. The van der Waals surface area contributed by atoms with Gasteiger partial charge in [-0.1, -0.05) is 12.1 Å². The van der Waals surface area contributed by atoms with E-state index < -0.39 is 50.8 Å². The molecule has 1 saturated heterocycles. The van der Waals surface area contributed by atoms with Crippen molar-refractivity contribution < 1.29 is 33.8 Å². The lowest BCUT2D eigenvalue weighted by Gasteiger charge is -2.12. The first-order valence-electron chi connectivity index (χ1n) is 11.1. The number of nitrogens with zero attached hydrogens (tertiary/aromatic N) is 3. The minimum atomic E-state index is -1.05. The number of imide groups is 1. The summed E-state index contributed by atoms with van der Waals surface area (Å²) in [6.45, 7) is -0.460. The van der Waals surface area contributed by atoms with Gasteiger partial charge in [-0.15, -0.1) is 0 Å². The Morgan fingerprint density at radius 1 is 0.950 bits per heavy atom. The first-order valence-corrected chi connectivity index (χ1v) is 13.0. The highest BCUT2D eigenvalue weighted by Gasteiger charge is 2.36. The van der Waals surface area contributed by atoms with Crippen molar-refractivity contribution in [3.05, 3.63) is 107 Å². The number of amides is 3. The number of nitrogens with one attached hydrogen (secondary N) is 1. The Labute approximate surface area is 242 Å². The van der Waals surface area contributed by atoms with Crippen LogP contribution < -0.4 is 10.1 Å². The summed E-state index contributed by atoms with van der Waals surface area (Å²) in [5.41, 5.74) is -0.669. The third-order valence-corrected chi connectivity index (χ3v) is 6.88. The molecule has 0 aliphatic carbocycles. The minimum Gasteiger partial charge on any atom is -0.423 e. The second kappa shape index (κ2) is 12.0. The van der Waals surface area contributed by atoms with Crippen LogP contribution >= 0.6 is 34.4 Å². The molecular formula is C25H15IN4O9S. The number of ether oxygens (including phenoxy) is 1. The SMILES string of the molecule is O=C(CN1C(=O)S/C(=C\c2ccc(OC(=O)c3cc([N+](=O)[O-])cc([N+](=O)[O-])c3)cc2)C1=O)Nc1ccc(I)cc1. The van der Waals surface area contributed by atoms with Crippen molar-refractivity contribution in [1.29, 1.82) is 0 Å². The van der Waals surface area contributed by atoms with Crippen molar-refractivity contribution in [3.8, 4) is 5.75 Å². The second-order valence-corrected chi connectivity index (χ2v) is 10.3. The third kappa shape index (κ3) is 6.86. The fourth-order valence-corrected chi connectivity index (χ4v) is 4.58. The van der Waals surface area contributed by atoms with Gasteiger partial charge >= 0.3 is 5.97 Å². The highest BCUT2D eigenvalue weighted by atomic mass is 127. The van der Waals surface area contributed by atoms with Gasteiger partial charge in [-0.3, -0.25) is 39.5 Å². The Kier molecular flexibility index (Phi) is 8.54. The lowest BCUT2D eigenvalue weighted by molar-refractivity contribution is -0.394. The zero-order valence-corrected chi connectivity index (χ0v) is 22.9. The number of non-ortho nitro benzene ring substituents is 2. The number of nitro groups is 2. The summed E-state index contributed by atoms with van der Waals surface area (Å²) in [4.78, 5) is 71.2. The van der Waals surface area contributed by atoms with Gasteiger partial charge in [0.2, 0.25) is 5.91 Å². The van der Waals surface area contributed by atoms with Crippen molar-refractivity contribution in [3.63, 3.8) is 0 Å². The van der Waals surface area contributed by atoms with Gasteiger partial charge in [-0.25, -0.2) is 4.79 Å². The van der Waals surface area contributed by atoms with E-state index >= 15 is 0 Å². The number of carbonyl (C=O) groups excluding carboxylic acids is 4. The predicted octanol–water partition coefficient (Wildman–Crippen LogP) is 5.00.